The molecule has 0 heterocycles. The first-order valence-electron chi connectivity index (χ1n) is 6.69. The van der Waals surface area contributed by atoms with E-state index >= 15 is 0 Å². The van der Waals surface area contributed by atoms with Crippen LogP contribution in [0.25, 0.3) is 0 Å². The number of aryl methyl sites for hydroxylation is 2. The van der Waals surface area contributed by atoms with Crippen molar-refractivity contribution in [3.8, 4) is 11.5 Å². The second-order valence-corrected chi connectivity index (χ2v) is 7.23. The average Bonchev–Trinajstić information content (AvgIpc) is 2.44. The molecule has 0 radical (unpaired) electrons. The first kappa shape index (κ1) is 15.6. The summed E-state index contributed by atoms with van der Waals surface area (Å²) in [6.45, 7) is 3.97. The van der Waals surface area contributed by atoms with Gasteiger partial charge in [-0.1, -0.05) is 35.4 Å². The largest absolute Gasteiger partial charge is 0.515 e. The number of nitrogens with zero attached hydrogens (tertiary/aromatic N) is 1. The molecule has 4 nitrogen and oxygen atoms in total. The Balaban J connectivity index is 2.21. The lowest BCUT2D eigenvalue weighted by atomic mass is 10.2. The fourth-order valence-electron chi connectivity index (χ4n) is 1.65. The van der Waals surface area contributed by atoms with Crippen LogP contribution in [0, 0.1) is 13.8 Å². The minimum atomic E-state index is -3.43. The summed E-state index contributed by atoms with van der Waals surface area (Å²) in [7, 11) is -0.0924. The Morgan fingerprint density at radius 1 is 0.762 bits per heavy atom. The number of benzene rings is 2. The number of rotatable bonds is 5. The van der Waals surface area contributed by atoms with Gasteiger partial charge in [-0.05, 0) is 52.2 Å². The van der Waals surface area contributed by atoms with Gasteiger partial charge in [-0.25, -0.2) is 4.57 Å². The number of hydrogen-bond acceptors (Lipinski definition) is 3. The minimum absolute atomic E-state index is 0.518. The highest BCUT2D eigenvalue weighted by molar-refractivity contribution is 7.52. The molecule has 112 valence electrons. The minimum Gasteiger partial charge on any atom is -0.404 e. The summed E-state index contributed by atoms with van der Waals surface area (Å²) in [5, 5.41) is 0. The third kappa shape index (κ3) is 4.10. The molecule has 0 N–H and O–H groups in total. The predicted octanol–water partition coefficient (Wildman–Crippen LogP) is 4.43. The lowest BCUT2D eigenvalue weighted by Gasteiger charge is -2.24. The molecule has 0 aliphatic rings. The standard InChI is InChI=1S/C16H20NO3P/c1-13-5-9-15(10-6-13)19-21(18,17(3)4)20-16-11-7-14(2)8-12-16/h5-12H,1-4H3. The Morgan fingerprint density at radius 2 is 1.10 bits per heavy atom. The molecule has 0 spiro atoms. The van der Waals surface area contributed by atoms with Crippen LogP contribution in [-0.4, -0.2) is 18.8 Å². The van der Waals surface area contributed by atoms with E-state index in [-0.39, 0.29) is 0 Å². The molecule has 5 heteroatoms. The van der Waals surface area contributed by atoms with E-state index in [1.165, 1.54) is 4.67 Å². The van der Waals surface area contributed by atoms with Crippen molar-refractivity contribution in [2.45, 2.75) is 13.8 Å². The first-order chi connectivity index (χ1) is 9.89. The summed E-state index contributed by atoms with van der Waals surface area (Å²) in [4.78, 5) is 0. The molecule has 0 atom stereocenters. The SMILES string of the molecule is Cc1ccc(OP(=O)(Oc2ccc(C)cc2)N(C)C)cc1. The van der Waals surface area contributed by atoms with Crippen LogP contribution in [0.5, 0.6) is 11.5 Å². The van der Waals surface area contributed by atoms with E-state index in [0.29, 0.717) is 11.5 Å². The van der Waals surface area contributed by atoms with Gasteiger partial charge in [0.2, 0.25) is 0 Å². The molecule has 0 bridgehead atoms. The molecular formula is C16H20NO3P. The summed E-state index contributed by atoms with van der Waals surface area (Å²) in [5.74, 6) is 1.04. The maximum absolute atomic E-state index is 12.9. The monoisotopic (exact) mass is 305 g/mol. The topological polar surface area (TPSA) is 38.8 Å². The van der Waals surface area contributed by atoms with Gasteiger partial charge in [0.05, 0.1) is 0 Å². The molecule has 2 aromatic rings. The maximum Gasteiger partial charge on any atom is 0.515 e. The van der Waals surface area contributed by atoms with Crippen LogP contribution in [0.4, 0.5) is 0 Å². The molecule has 0 aliphatic heterocycles. The molecule has 0 saturated carbocycles. The normalized spacial score (nSPS) is 11.5. The highest BCUT2D eigenvalue weighted by Crippen LogP contribution is 2.50. The van der Waals surface area contributed by atoms with Gasteiger partial charge in [0.25, 0.3) is 0 Å². The first-order valence-corrected chi connectivity index (χ1v) is 8.19. The van der Waals surface area contributed by atoms with Crippen LogP contribution in [0.1, 0.15) is 11.1 Å². The summed E-state index contributed by atoms with van der Waals surface area (Å²) in [6.07, 6.45) is 0. The quantitative estimate of drug-likeness (QED) is 0.766. The molecule has 0 aliphatic carbocycles. The zero-order valence-electron chi connectivity index (χ0n) is 12.7. The van der Waals surface area contributed by atoms with Crippen molar-refractivity contribution in [1.29, 1.82) is 0 Å². The molecule has 2 rings (SSSR count). The molecule has 21 heavy (non-hydrogen) atoms. The van der Waals surface area contributed by atoms with Crippen LogP contribution in [0.2, 0.25) is 0 Å². The van der Waals surface area contributed by atoms with Gasteiger partial charge < -0.3 is 9.05 Å². The van der Waals surface area contributed by atoms with E-state index < -0.39 is 7.75 Å². The Kier molecular flexibility index (Phi) is 4.71. The van der Waals surface area contributed by atoms with Gasteiger partial charge in [-0.2, -0.15) is 4.67 Å². The lowest BCUT2D eigenvalue weighted by Crippen LogP contribution is -2.17. The van der Waals surface area contributed by atoms with E-state index in [9.17, 15) is 4.57 Å². The predicted molar refractivity (Wildman–Crippen MR) is 84.9 cm³/mol. The second kappa shape index (κ2) is 6.33. The van der Waals surface area contributed by atoms with Gasteiger partial charge in [0, 0.05) is 0 Å². The summed E-state index contributed by atoms with van der Waals surface area (Å²) >= 11 is 0. The van der Waals surface area contributed by atoms with Gasteiger partial charge >= 0.3 is 7.75 Å². The lowest BCUT2D eigenvalue weighted by molar-refractivity contribution is 0.325. The van der Waals surface area contributed by atoms with E-state index in [1.807, 2.05) is 38.1 Å². The van der Waals surface area contributed by atoms with Crippen LogP contribution in [-0.2, 0) is 4.57 Å². The third-order valence-corrected chi connectivity index (χ3v) is 4.84. The van der Waals surface area contributed by atoms with E-state index in [1.54, 1.807) is 38.4 Å². The Hall–Kier alpha value is -1.77. The van der Waals surface area contributed by atoms with Crippen LogP contribution in [0.3, 0.4) is 0 Å². The van der Waals surface area contributed by atoms with E-state index in [0.717, 1.165) is 11.1 Å². The Morgan fingerprint density at radius 3 is 1.38 bits per heavy atom. The van der Waals surface area contributed by atoms with Crippen molar-refractivity contribution in [3.63, 3.8) is 0 Å². The summed E-state index contributed by atoms with van der Waals surface area (Å²) in [5.41, 5.74) is 2.22. The van der Waals surface area contributed by atoms with Crippen LogP contribution < -0.4 is 9.05 Å². The smallest absolute Gasteiger partial charge is 0.404 e. The van der Waals surface area contributed by atoms with Crippen molar-refractivity contribution in [2.75, 3.05) is 14.1 Å². The molecule has 2 aromatic carbocycles. The molecular weight excluding hydrogens is 285 g/mol. The highest BCUT2D eigenvalue weighted by Gasteiger charge is 2.31. The Bertz CT molecular complexity index is 584. The van der Waals surface area contributed by atoms with Gasteiger partial charge in [0.1, 0.15) is 11.5 Å². The Labute approximate surface area is 125 Å². The van der Waals surface area contributed by atoms with Gasteiger partial charge in [0.15, 0.2) is 0 Å². The van der Waals surface area contributed by atoms with Gasteiger partial charge in [-0.3, -0.25) is 0 Å². The molecule has 0 aromatic heterocycles. The maximum atomic E-state index is 12.9. The molecule has 0 saturated heterocycles. The fraction of sp³-hybridized carbons (Fsp3) is 0.250. The molecule has 0 amide bonds. The van der Waals surface area contributed by atoms with Crippen LogP contribution in [0.15, 0.2) is 48.5 Å². The van der Waals surface area contributed by atoms with Crippen LogP contribution >= 0.6 is 7.75 Å². The van der Waals surface area contributed by atoms with E-state index in [4.69, 9.17) is 9.05 Å². The second-order valence-electron chi connectivity index (χ2n) is 5.12. The zero-order chi connectivity index (χ0) is 15.5. The van der Waals surface area contributed by atoms with Crippen molar-refractivity contribution < 1.29 is 13.6 Å². The van der Waals surface area contributed by atoms with Gasteiger partial charge in [-0.15, -0.1) is 0 Å². The van der Waals surface area contributed by atoms with E-state index in [2.05, 4.69) is 0 Å². The fourth-order valence-corrected chi connectivity index (χ4v) is 2.79. The zero-order valence-corrected chi connectivity index (χ0v) is 13.6. The van der Waals surface area contributed by atoms with Crippen molar-refractivity contribution in [3.05, 3.63) is 59.7 Å². The third-order valence-electron chi connectivity index (χ3n) is 2.97. The summed E-state index contributed by atoms with van der Waals surface area (Å²) < 4.78 is 25.6. The highest BCUT2D eigenvalue weighted by atomic mass is 31.2. The van der Waals surface area contributed by atoms with Crippen molar-refractivity contribution >= 4 is 7.75 Å². The van der Waals surface area contributed by atoms with Crippen molar-refractivity contribution in [2.24, 2.45) is 0 Å². The number of hydrogen-bond donors (Lipinski definition) is 0. The molecule has 0 unspecified atom stereocenters. The molecule has 0 fully saturated rings. The summed E-state index contributed by atoms with van der Waals surface area (Å²) in [6, 6.07) is 14.7. The average molecular weight is 305 g/mol. The van der Waals surface area contributed by atoms with Crippen molar-refractivity contribution in [1.82, 2.24) is 4.67 Å².